The van der Waals surface area contributed by atoms with E-state index in [1.54, 1.807) is 18.3 Å². The number of amides is 1. The van der Waals surface area contributed by atoms with Gasteiger partial charge in [-0.05, 0) is 23.3 Å². The number of para-hydroxylation sites is 1. The summed E-state index contributed by atoms with van der Waals surface area (Å²) < 4.78 is 5.87. The van der Waals surface area contributed by atoms with Crippen molar-refractivity contribution in [2.75, 3.05) is 5.75 Å². The molecular weight excluding hydrogens is 414 g/mol. The van der Waals surface area contributed by atoms with Crippen LogP contribution in [0.5, 0.6) is 5.75 Å². The second-order valence-electron chi connectivity index (χ2n) is 6.52. The minimum absolute atomic E-state index is 0.0499. The Hall–Kier alpha value is -3.65. The molecule has 31 heavy (non-hydrogen) atoms. The van der Waals surface area contributed by atoms with Gasteiger partial charge in [-0.1, -0.05) is 54.6 Å². The number of carbonyl (C=O) groups excluding carboxylic acids is 1. The van der Waals surface area contributed by atoms with Crippen LogP contribution in [0.3, 0.4) is 0 Å². The maximum absolute atomic E-state index is 12.0. The standard InChI is InChI=1S/C23H21N3O4S/c27-23(17-31-16-19-10-12-21(13-11-19)26(28)29)25-24-14-20-8-4-5-9-22(20)30-15-18-6-2-1-3-7-18/h1-14H,15-17H2,(H,25,27). The number of rotatable bonds is 10. The molecule has 3 aromatic rings. The number of hydrogen-bond acceptors (Lipinski definition) is 6. The highest BCUT2D eigenvalue weighted by Crippen LogP contribution is 2.18. The van der Waals surface area contributed by atoms with Crippen LogP contribution in [-0.4, -0.2) is 22.8 Å². The summed E-state index contributed by atoms with van der Waals surface area (Å²) in [5, 5.41) is 14.7. The van der Waals surface area contributed by atoms with Crippen molar-refractivity contribution in [2.24, 2.45) is 5.10 Å². The van der Waals surface area contributed by atoms with E-state index in [4.69, 9.17) is 4.74 Å². The number of benzene rings is 3. The summed E-state index contributed by atoms with van der Waals surface area (Å²) in [6, 6.07) is 23.6. The van der Waals surface area contributed by atoms with E-state index in [0.29, 0.717) is 18.1 Å². The molecule has 0 heterocycles. The maximum Gasteiger partial charge on any atom is 0.269 e. The fraction of sp³-hybridized carbons (Fsp3) is 0.130. The fourth-order valence-electron chi connectivity index (χ4n) is 2.64. The van der Waals surface area contributed by atoms with Crippen molar-refractivity contribution in [3.05, 3.63) is 106 Å². The van der Waals surface area contributed by atoms with Gasteiger partial charge in [0.15, 0.2) is 0 Å². The highest BCUT2D eigenvalue weighted by molar-refractivity contribution is 7.99. The lowest BCUT2D eigenvalue weighted by Gasteiger charge is -2.09. The zero-order chi connectivity index (χ0) is 21.9. The van der Waals surface area contributed by atoms with E-state index in [-0.39, 0.29) is 17.3 Å². The van der Waals surface area contributed by atoms with E-state index in [1.165, 1.54) is 23.9 Å². The number of hydrogen-bond donors (Lipinski definition) is 1. The second kappa shape index (κ2) is 11.5. The van der Waals surface area contributed by atoms with Crippen LogP contribution in [0.15, 0.2) is 84.0 Å². The first-order chi connectivity index (χ1) is 15.1. The number of thioether (sulfide) groups is 1. The smallest absolute Gasteiger partial charge is 0.269 e. The van der Waals surface area contributed by atoms with Crippen molar-refractivity contribution >= 4 is 29.6 Å². The molecule has 7 nitrogen and oxygen atoms in total. The summed E-state index contributed by atoms with van der Waals surface area (Å²) in [6.07, 6.45) is 1.55. The summed E-state index contributed by atoms with van der Waals surface area (Å²) in [5.41, 5.74) is 5.29. The molecule has 1 N–H and O–H groups in total. The first-order valence-corrected chi connectivity index (χ1v) is 10.7. The van der Waals surface area contributed by atoms with E-state index < -0.39 is 4.92 Å². The Kier molecular flexibility index (Phi) is 8.19. The third-order valence-electron chi connectivity index (χ3n) is 4.20. The Morgan fingerprint density at radius 1 is 1.00 bits per heavy atom. The molecule has 0 bridgehead atoms. The quantitative estimate of drug-likeness (QED) is 0.286. The van der Waals surface area contributed by atoms with Crippen molar-refractivity contribution in [3.63, 3.8) is 0 Å². The predicted molar refractivity (Wildman–Crippen MR) is 122 cm³/mol. The van der Waals surface area contributed by atoms with Crippen LogP contribution >= 0.6 is 11.8 Å². The molecule has 0 saturated heterocycles. The molecule has 0 aliphatic heterocycles. The first kappa shape index (κ1) is 22.0. The molecule has 1 amide bonds. The van der Waals surface area contributed by atoms with E-state index in [9.17, 15) is 14.9 Å². The van der Waals surface area contributed by atoms with Gasteiger partial charge in [-0.3, -0.25) is 14.9 Å². The van der Waals surface area contributed by atoms with Crippen molar-refractivity contribution < 1.29 is 14.5 Å². The Bertz CT molecular complexity index is 1040. The zero-order valence-electron chi connectivity index (χ0n) is 16.6. The lowest BCUT2D eigenvalue weighted by Crippen LogP contribution is -2.19. The first-order valence-electron chi connectivity index (χ1n) is 9.50. The maximum atomic E-state index is 12.0. The van der Waals surface area contributed by atoms with Crippen LogP contribution in [0.4, 0.5) is 5.69 Å². The number of non-ortho nitro benzene ring substituents is 1. The average molecular weight is 436 g/mol. The number of nitrogens with zero attached hydrogens (tertiary/aromatic N) is 2. The molecule has 0 unspecified atom stereocenters. The minimum Gasteiger partial charge on any atom is -0.488 e. The molecule has 0 spiro atoms. The molecule has 0 atom stereocenters. The van der Waals surface area contributed by atoms with Gasteiger partial charge >= 0.3 is 0 Å². The molecule has 8 heteroatoms. The van der Waals surface area contributed by atoms with Gasteiger partial charge in [0.05, 0.1) is 16.9 Å². The Morgan fingerprint density at radius 2 is 1.71 bits per heavy atom. The summed E-state index contributed by atoms with van der Waals surface area (Å²) in [6.45, 7) is 0.442. The molecule has 3 aromatic carbocycles. The lowest BCUT2D eigenvalue weighted by atomic mass is 10.2. The van der Waals surface area contributed by atoms with Crippen LogP contribution in [0.2, 0.25) is 0 Å². The van der Waals surface area contributed by atoms with Crippen molar-refractivity contribution in [1.29, 1.82) is 0 Å². The van der Waals surface area contributed by atoms with Gasteiger partial charge in [0.1, 0.15) is 12.4 Å². The fourth-order valence-corrected chi connectivity index (χ4v) is 3.42. The topological polar surface area (TPSA) is 93.8 Å². The number of nitro groups is 1. The van der Waals surface area contributed by atoms with Gasteiger partial charge in [0.25, 0.3) is 5.69 Å². The molecule has 0 aliphatic carbocycles. The predicted octanol–water partition coefficient (Wildman–Crippen LogP) is 4.56. The highest BCUT2D eigenvalue weighted by Gasteiger charge is 2.06. The zero-order valence-corrected chi connectivity index (χ0v) is 17.5. The van der Waals surface area contributed by atoms with E-state index in [2.05, 4.69) is 10.5 Å². The number of ether oxygens (including phenoxy) is 1. The minimum atomic E-state index is -0.437. The monoisotopic (exact) mass is 435 g/mol. The van der Waals surface area contributed by atoms with Gasteiger partial charge < -0.3 is 4.74 Å². The molecule has 0 fully saturated rings. The summed E-state index contributed by atoms with van der Waals surface area (Å²) >= 11 is 1.40. The summed E-state index contributed by atoms with van der Waals surface area (Å²) in [5.74, 6) is 1.24. The lowest BCUT2D eigenvalue weighted by molar-refractivity contribution is -0.384. The number of carbonyl (C=O) groups is 1. The van der Waals surface area contributed by atoms with Crippen LogP contribution in [0.1, 0.15) is 16.7 Å². The normalized spacial score (nSPS) is 10.7. The number of nitro benzene ring substituents is 1. The van der Waals surface area contributed by atoms with Crippen LogP contribution < -0.4 is 10.2 Å². The highest BCUT2D eigenvalue weighted by atomic mass is 32.2. The van der Waals surface area contributed by atoms with Crippen LogP contribution in [0.25, 0.3) is 0 Å². The van der Waals surface area contributed by atoms with Gasteiger partial charge in [-0.25, -0.2) is 5.43 Å². The number of hydrazone groups is 1. The molecule has 0 saturated carbocycles. The van der Waals surface area contributed by atoms with Crippen molar-refractivity contribution in [1.82, 2.24) is 5.43 Å². The largest absolute Gasteiger partial charge is 0.488 e. The molecule has 3 rings (SSSR count). The van der Waals surface area contributed by atoms with Crippen molar-refractivity contribution in [2.45, 2.75) is 12.4 Å². The third kappa shape index (κ3) is 7.27. The van der Waals surface area contributed by atoms with Crippen LogP contribution in [-0.2, 0) is 17.2 Å². The molecule has 0 aromatic heterocycles. The molecular formula is C23H21N3O4S. The Morgan fingerprint density at radius 3 is 2.45 bits per heavy atom. The number of nitrogens with one attached hydrogen (secondary N) is 1. The van der Waals surface area contributed by atoms with Crippen LogP contribution in [0, 0.1) is 10.1 Å². The van der Waals surface area contributed by atoms with E-state index in [1.807, 2.05) is 54.6 Å². The van der Waals surface area contributed by atoms with Gasteiger partial charge in [-0.15, -0.1) is 11.8 Å². The van der Waals surface area contributed by atoms with Gasteiger partial charge in [-0.2, -0.15) is 5.10 Å². The molecule has 158 valence electrons. The van der Waals surface area contributed by atoms with E-state index >= 15 is 0 Å². The molecule has 0 radical (unpaired) electrons. The van der Waals surface area contributed by atoms with Crippen molar-refractivity contribution in [3.8, 4) is 5.75 Å². The SMILES string of the molecule is O=C(CSCc1ccc([N+](=O)[O-])cc1)NN=Cc1ccccc1OCc1ccccc1. The molecule has 0 aliphatic rings. The van der Waals surface area contributed by atoms with E-state index in [0.717, 1.165) is 16.7 Å². The average Bonchev–Trinajstić information content (AvgIpc) is 2.79. The third-order valence-corrected chi connectivity index (χ3v) is 5.20. The Labute approximate surface area is 184 Å². The second-order valence-corrected chi connectivity index (χ2v) is 7.51. The van der Waals surface area contributed by atoms with Gasteiger partial charge in [0, 0.05) is 23.4 Å². The summed E-state index contributed by atoms with van der Waals surface area (Å²) in [4.78, 5) is 22.2. The summed E-state index contributed by atoms with van der Waals surface area (Å²) in [7, 11) is 0. The van der Waals surface area contributed by atoms with Gasteiger partial charge in [0.2, 0.25) is 5.91 Å². The Balaban J connectivity index is 1.44.